The van der Waals surface area contributed by atoms with Gasteiger partial charge in [-0.25, -0.2) is 0 Å². The highest BCUT2D eigenvalue weighted by Gasteiger charge is 2.23. The number of aliphatic hydroxyl groups excluding tert-OH is 1. The van der Waals surface area contributed by atoms with Crippen molar-refractivity contribution in [2.75, 3.05) is 6.61 Å². The third-order valence-corrected chi connectivity index (χ3v) is 3.91. The second kappa shape index (κ2) is 8.98. The highest BCUT2D eigenvalue weighted by Crippen LogP contribution is 2.24. The van der Waals surface area contributed by atoms with E-state index in [1.54, 1.807) is 6.08 Å². The fraction of sp³-hybridized carbons (Fsp3) is 0.556. The summed E-state index contributed by atoms with van der Waals surface area (Å²) in [7, 11) is 0. The van der Waals surface area contributed by atoms with Crippen LogP contribution in [-0.4, -0.2) is 30.0 Å². The van der Waals surface area contributed by atoms with Gasteiger partial charge in [-0.05, 0) is 31.2 Å². The van der Waals surface area contributed by atoms with E-state index in [1.807, 2.05) is 18.2 Å². The van der Waals surface area contributed by atoms with E-state index in [9.17, 15) is 5.11 Å². The molecule has 3 atom stereocenters. The first-order chi connectivity index (χ1) is 10.3. The van der Waals surface area contributed by atoms with Crippen molar-refractivity contribution in [1.29, 1.82) is 0 Å². The zero-order valence-electron chi connectivity index (χ0n) is 12.6. The monoisotopic (exact) mass is 290 g/mol. The summed E-state index contributed by atoms with van der Waals surface area (Å²) < 4.78 is 11.7. The minimum Gasteiger partial charge on any atom is -0.389 e. The minimum atomic E-state index is -0.455. The average molecular weight is 290 g/mol. The molecule has 1 N–H and O–H groups in total. The van der Waals surface area contributed by atoms with Crippen LogP contribution in [0.15, 0.2) is 43.0 Å². The second-order valence-electron chi connectivity index (χ2n) is 5.68. The number of hydrogen-bond acceptors (Lipinski definition) is 3. The van der Waals surface area contributed by atoms with E-state index in [4.69, 9.17) is 9.47 Å². The molecule has 0 radical (unpaired) electrons. The molecule has 1 aromatic rings. The van der Waals surface area contributed by atoms with Crippen LogP contribution in [0.1, 0.15) is 37.7 Å². The Morgan fingerprint density at radius 3 is 2.81 bits per heavy atom. The topological polar surface area (TPSA) is 38.7 Å². The molecule has 0 aliphatic carbocycles. The first-order valence-corrected chi connectivity index (χ1v) is 7.85. The molecule has 1 aliphatic rings. The van der Waals surface area contributed by atoms with Gasteiger partial charge in [-0.3, -0.25) is 0 Å². The minimum absolute atomic E-state index is 0.158. The third-order valence-electron chi connectivity index (χ3n) is 3.91. The summed E-state index contributed by atoms with van der Waals surface area (Å²) in [6.07, 6.45) is 6.42. The number of aliphatic hydroxyl groups is 1. The molecule has 21 heavy (non-hydrogen) atoms. The van der Waals surface area contributed by atoms with E-state index in [0.717, 1.165) is 32.3 Å². The summed E-state index contributed by atoms with van der Waals surface area (Å²) in [5, 5.41) is 9.61. The van der Waals surface area contributed by atoms with Crippen LogP contribution in [0.3, 0.4) is 0 Å². The molecule has 2 rings (SSSR count). The van der Waals surface area contributed by atoms with Gasteiger partial charge in [0.25, 0.3) is 0 Å². The van der Waals surface area contributed by atoms with Crippen molar-refractivity contribution in [3.63, 3.8) is 0 Å². The molecule has 0 saturated carbocycles. The molecule has 0 spiro atoms. The van der Waals surface area contributed by atoms with Crippen molar-refractivity contribution in [2.24, 2.45) is 0 Å². The van der Waals surface area contributed by atoms with Gasteiger partial charge >= 0.3 is 0 Å². The van der Waals surface area contributed by atoms with E-state index in [2.05, 4.69) is 18.7 Å². The lowest BCUT2D eigenvalue weighted by Gasteiger charge is -2.31. The summed E-state index contributed by atoms with van der Waals surface area (Å²) in [6.45, 7) is 4.99. The van der Waals surface area contributed by atoms with Gasteiger partial charge in [0.05, 0.1) is 24.9 Å². The summed E-state index contributed by atoms with van der Waals surface area (Å²) in [5.41, 5.74) is 1.20. The molecular weight excluding hydrogens is 264 g/mol. The predicted molar refractivity (Wildman–Crippen MR) is 84.0 cm³/mol. The Balaban J connectivity index is 1.62. The lowest BCUT2D eigenvalue weighted by Crippen LogP contribution is -2.31. The largest absolute Gasteiger partial charge is 0.389 e. The fourth-order valence-electron chi connectivity index (χ4n) is 2.71. The Morgan fingerprint density at radius 1 is 1.29 bits per heavy atom. The van der Waals surface area contributed by atoms with Crippen molar-refractivity contribution >= 4 is 0 Å². The maximum Gasteiger partial charge on any atom is 0.0743 e. The molecular formula is C18H26O3. The maximum absolute atomic E-state index is 9.61. The molecule has 0 unspecified atom stereocenters. The SMILES string of the molecule is C=C[C@H](O)C[C@@H]1CCC[C@H](CCOCc2ccccc2)O1. The van der Waals surface area contributed by atoms with Crippen molar-refractivity contribution in [3.8, 4) is 0 Å². The standard InChI is InChI=1S/C18H26O3/c1-2-16(19)13-18-10-6-9-17(21-18)11-12-20-14-15-7-4-3-5-8-15/h2-5,7-8,16-19H,1,6,9-14H2/t16-,17+,18-/m0/s1. The fourth-order valence-corrected chi connectivity index (χ4v) is 2.71. The predicted octanol–water partition coefficient (Wildman–Crippen LogP) is 3.47. The maximum atomic E-state index is 9.61. The summed E-state index contributed by atoms with van der Waals surface area (Å²) >= 11 is 0. The second-order valence-corrected chi connectivity index (χ2v) is 5.68. The molecule has 1 saturated heterocycles. The van der Waals surface area contributed by atoms with E-state index in [-0.39, 0.29) is 12.2 Å². The van der Waals surface area contributed by atoms with Gasteiger partial charge in [0.2, 0.25) is 0 Å². The van der Waals surface area contributed by atoms with Crippen molar-refractivity contribution in [1.82, 2.24) is 0 Å². The smallest absolute Gasteiger partial charge is 0.0743 e. The molecule has 1 aliphatic heterocycles. The molecule has 0 amide bonds. The van der Waals surface area contributed by atoms with Crippen molar-refractivity contribution < 1.29 is 14.6 Å². The summed E-state index contributed by atoms with van der Waals surface area (Å²) in [4.78, 5) is 0. The van der Waals surface area contributed by atoms with Gasteiger partial charge in [-0.2, -0.15) is 0 Å². The first kappa shape index (κ1) is 16.2. The molecule has 0 bridgehead atoms. The molecule has 0 aromatic heterocycles. The van der Waals surface area contributed by atoms with Gasteiger partial charge in [-0.1, -0.05) is 36.4 Å². The number of hydrogen-bond donors (Lipinski definition) is 1. The van der Waals surface area contributed by atoms with Gasteiger partial charge in [0.1, 0.15) is 0 Å². The van der Waals surface area contributed by atoms with Crippen LogP contribution in [0.4, 0.5) is 0 Å². The van der Waals surface area contributed by atoms with Crippen LogP contribution < -0.4 is 0 Å². The van der Waals surface area contributed by atoms with Gasteiger partial charge in [-0.15, -0.1) is 6.58 Å². The van der Waals surface area contributed by atoms with Crippen LogP contribution in [0.25, 0.3) is 0 Å². The summed E-state index contributed by atoms with van der Waals surface area (Å²) in [5.74, 6) is 0. The number of benzene rings is 1. The molecule has 3 nitrogen and oxygen atoms in total. The van der Waals surface area contributed by atoms with Crippen molar-refractivity contribution in [3.05, 3.63) is 48.6 Å². The quantitative estimate of drug-likeness (QED) is 0.588. The Morgan fingerprint density at radius 2 is 2.05 bits per heavy atom. The van der Waals surface area contributed by atoms with E-state index in [1.165, 1.54) is 5.56 Å². The van der Waals surface area contributed by atoms with Crippen LogP contribution in [-0.2, 0) is 16.1 Å². The van der Waals surface area contributed by atoms with E-state index >= 15 is 0 Å². The molecule has 3 heteroatoms. The Hall–Kier alpha value is -1.16. The van der Waals surface area contributed by atoms with Crippen LogP contribution in [0.2, 0.25) is 0 Å². The van der Waals surface area contributed by atoms with Crippen LogP contribution in [0, 0.1) is 0 Å². The Kier molecular flexibility index (Phi) is 6.93. The number of ether oxygens (including phenoxy) is 2. The number of rotatable bonds is 8. The molecule has 1 heterocycles. The third kappa shape index (κ3) is 6.00. The van der Waals surface area contributed by atoms with E-state index in [0.29, 0.717) is 13.0 Å². The zero-order chi connectivity index (χ0) is 14.9. The lowest BCUT2D eigenvalue weighted by atomic mass is 9.98. The average Bonchev–Trinajstić information content (AvgIpc) is 2.53. The Labute approximate surface area is 127 Å². The van der Waals surface area contributed by atoms with Crippen LogP contribution >= 0.6 is 0 Å². The molecule has 1 fully saturated rings. The Bertz CT molecular complexity index is 404. The van der Waals surface area contributed by atoms with Crippen molar-refractivity contribution in [2.45, 2.75) is 57.0 Å². The summed E-state index contributed by atoms with van der Waals surface area (Å²) in [6, 6.07) is 10.2. The first-order valence-electron chi connectivity index (χ1n) is 7.85. The van der Waals surface area contributed by atoms with Crippen LogP contribution in [0.5, 0.6) is 0 Å². The van der Waals surface area contributed by atoms with Gasteiger partial charge in [0.15, 0.2) is 0 Å². The highest BCUT2D eigenvalue weighted by atomic mass is 16.5. The van der Waals surface area contributed by atoms with Gasteiger partial charge < -0.3 is 14.6 Å². The van der Waals surface area contributed by atoms with E-state index < -0.39 is 6.10 Å². The highest BCUT2D eigenvalue weighted by molar-refractivity contribution is 5.13. The molecule has 1 aromatic carbocycles. The molecule has 116 valence electrons. The zero-order valence-corrected chi connectivity index (χ0v) is 12.6. The van der Waals surface area contributed by atoms with Gasteiger partial charge in [0, 0.05) is 13.0 Å². The normalized spacial score (nSPS) is 23.7. The lowest BCUT2D eigenvalue weighted by molar-refractivity contribution is -0.0757.